The summed E-state index contributed by atoms with van der Waals surface area (Å²) in [7, 11) is 0. The zero-order valence-corrected chi connectivity index (χ0v) is 25.2. The van der Waals surface area contributed by atoms with E-state index in [9.17, 15) is 0 Å². The standard InChI is InChI=1S/C44H29NO/c1-4-16-30(17-5-1)33-25-14-26-35(41(33)44-39-24-11-10-23-38(39)43(46-44)31-18-6-2-7-19-31)37-28-15-27-36-34-22-12-13-29-40(34)45(42(36)37)32-20-8-3-9-21-32/h1-4,6-10,12-16,18-23,25-29H,11,24H2. The Balaban J connectivity index is 1.41. The lowest BCUT2D eigenvalue weighted by Gasteiger charge is -2.18. The van der Waals surface area contributed by atoms with Gasteiger partial charge in [0.05, 0.1) is 11.0 Å². The number of nitrogens with zero attached hydrogens (tertiary/aromatic N) is 1. The van der Waals surface area contributed by atoms with Gasteiger partial charge in [-0.05, 0) is 48.7 Å². The van der Waals surface area contributed by atoms with Crippen LogP contribution in [-0.4, -0.2) is 4.57 Å². The summed E-state index contributed by atoms with van der Waals surface area (Å²) in [5, 5.41) is 2.46. The van der Waals surface area contributed by atoms with Crippen LogP contribution in [0.5, 0.6) is 0 Å². The largest absolute Gasteiger partial charge is 0.455 e. The topological polar surface area (TPSA) is 18.1 Å². The van der Waals surface area contributed by atoms with Gasteiger partial charge in [-0.25, -0.2) is 0 Å². The summed E-state index contributed by atoms with van der Waals surface area (Å²) in [6.07, 6.45) is 6.41. The van der Waals surface area contributed by atoms with Gasteiger partial charge in [0.2, 0.25) is 0 Å². The smallest absolute Gasteiger partial charge is 0.142 e. The summed E-state index contributed by atoms with van der Waals surface area (Å²) in [4.78, 5) is 0. The van der Waals surface area contributed by atoms with Gasteiger partial charge in [0.15, 0.2) is 0 Å². The Hall–Kier alpha value is -6.04. The van der Waals surface area contributed by atoms with Crippen LogP contribution in [-0.2, 0) is 6.42 Å². The fourth-order valence-corrected chi connectivity index (χ4v) is 7.17. The molecule has 0 unspecified atom stereocenters. The molecule has 9 rings (SSSR count). The average Bonchev–Trinajstić information content (AvgIpc) is 3.69. The Kier molecular flexibility index (Phi) is 6.21. The van der Waals surface area contributed by atoms with Gasteiger partial charge in [0, 0.05) is 55.4 Å². The first-order chi connectivity index (χ1) is 22.9. The number of fused-ring (bicyclic) bond motifs is 4. The Bertz CT molecular complexity index is 2390. The maximum absolute atomic E-state index is 7.07. The summed E-state index contributed by atoms with van der Waals surface area (Å²) >= 11 is 0. The molecular formula is C44H29NO. The number of rotatable bonds is 5. The molecule has 0 atom stereocenters. The first-order valence-electron chi connectivity index (χ1n) is 15.8. The molecule has 2 nitrogen and oxygen atoms in total. The number of benzene rings is 5. The van der Waals surface area contributed by atoms with E-state index in [1.165, 1.54) is 32.9 Å². The van der Waals surface area contributed by atoms with E-state index in [2.05, 4.69) is 156 Å². The number of furan rings is 1. The molecule has 6 aromatic carbocycles. The molecule has 0 spiro atoms. The molecule has 216 valence electrons. The van der Waals surface area contributed by atoms with E-state index in [0.29, 0.717) is 0 Å². The predicted molar refractivity (Wildman–Crippen MR) is 190 cm³/mol. The molecule has 2 aromatic heterocycles. The lowest BCUT2D eigenvalue weighted by molar-refractivity contribution is 0.594. The van der Waals surface area contributed by atoms with E-state index in [-0.39, 0.29) is 0 Å². The fourth-order valence-electron chi connectivity index (χ4n) is 7.17. The molecule has 0 saturated heterocycles. The Morgan fingerprint density at radius 3 is 2.20 bits per heavy atom. The molecule has 0 amide bonds. The number of aromatic nitrogens is 1. The molecule has 0 saturated carbocycles. The number of hydrogen-bond donors (Lipinski definition) is 0. The van der Waals surface area contributed by atoms with Crippen molar-refractivity contribution in [2.75, 3.05) is 0 Å². The third kappa shape index (κ3) is 4.14. The molecule has 0 aliphatic heterocycles. The average molecular weight is 588 g/mol. The van der Waals surface area contributed by atoms with Crippen LogP contribution in [0, 0.1) is 12.1 Å². The first-order valence-corrected chi connectivity index (χ1v) is 15.8. The van der Waals surface area contributed by atoms with Crippen LogP contribution in [0.15, 0.2) is 150 Å². The minimum atomic E-state index is 0.919. The monoisotopic (exact) mass is 587 g/mol. The van der Waals surface area contributed by atoms with Crippen molar-refractivity contribution >= 4 is 27.9 Å². The van der Waals surface area contributed by atoms with Gasteiger partial charge >= 0.3 is 0 Å². The second-order valence-corrected chi connectivity index (χ2v) is 11.8. The Labute approximate surface area is 268 Å². The van der Waals surface area contributed by atoms with Crippen LogP contribution in [0.25, 0.3) is 78.5 Å². The molecule has 46 heavy (non-hydrogen) atoms. The number of hydrogen-bond acceptors (Lipinski definition) is 1. The summed E-state index contributed by atoms with van der Waals surface area (Å²) < 4.78 is 9.48. The lowest BCUT2D eigenvalue weighted by Crippen LogP contribution is -1.98. The zero-order valence-electron chi connectivity index (χ0n) is 25.2. The quantitative estimate of drug-likeness (QED) is 0.196. The highest BCUT2D eigenvalue weighted by Crippen LogP contribution is 2.49. The van der Waals surface area contributed by atoms with Gasteiger partial charge in [-0.1, -0.05) is 133 Å². The van der Waals surface area contributed by atoms with Crippen molar-refractivity contribution in [1.29, 1.82) is 0 Å². The van der Waals surface area contributed by atoms with Crippen molar-refractivity contribution in [3.8, 4) is 50.6 Å². The maximum Gasteiger partial charge on any atom is 0.142 e. The van der Waals surface area contributed by atoms with E-state index in [1.54, 1.807) is 0 Å². The summed E-state index contributed by atoms with van der Waals surface area (Å²) in [6.45, 7) is 0. The minimum Gasteiger partial charge on any atom is -0.455 e. The first kappa shape index (κ1) is 26.4. The van der Waals surface area contributed by atoms with Crippen molar-refractivity contribution in [3.05, 3.63) is 169 Å². The summed E-state index contributed by atoms with van der Waals surface area (Å²) in [5.74, 6) is 1.85. The minimum absolute atomic E-state index is 0.919. The van der Waals surface area contributed by atoms with Gasteiger partial charge in [-0.15, -0.1) is 0 Å². The lowest BCUT2D eigenvalue weighted by atomic mass is 9.86. The van der Waals surface area contributed by atoms with E-state index >= 15 is 0 Å². The van der Waals surface area contributed by atoms with Crippen LogP contribution < -0.4 is 0 Å². The van der Waals surface area contributed by atoms with E-state index in [4.69, 9.17) is 4.42 Å². The van der Waals surface area contributed by atoms with Gasteiger partial charge in [0.1, 0.15) is 11.5 Å². The second kappa shape index (κ2) is 10.8. The molecule has 0 N–H and O–H groups in total. The van der Waals surface area contributed by atoms with Crippen molar-refractivity contribution in [3.63, 3.8) is 0 Å². The maximum atomic E-state index is 7.07. The van der Waals surface area contributed by atoms with E-state index in [1.807, 2.05) is 12.1 Å². The molecule has 2 heterocycles. The normalized spacial score (nSPS) is 12.3. The van der Waals surface area contributed by atoms with E-state index < -0.39 is 0 Å². The van der Waals surface area contributed by atoms with Crippen molar-refractivity contribution in [1.82, 2.24) is 4.57 Å². The van der Waals surface area contributed by atoms with Crippen LogP contribution in [0.2, 0.25) is 0 Å². The van der Waals surface area contributed by atoms with Crippen LogP contribution in [0.3, 0.4) is 0 Å². The number of para-hydroxylation sites is 3. The molecule has 0 radical (unpaired) electrons. The van der Waals surface area contributed by atoms with Crippen molar-refractivity contribution in [2.24, 2.45) is 0 Å². The fraction of sp³-hybridized carbons (Fsp3) is 0.0455. The molecule has 8 aromatic rings. The molecule has 0 fully saturated rings. The van der Waals surface area contributed by atoms with Crippen molar-refractivity contribution in [2.45, 2.75) is 12.8 Å². The zero-order chi connectivity index (χ0) is 30.5. The molecule has 0 bridgehead atoms. The Morgan fingerprint density at radius 1 is 0.609 bits per heavy atom. The third-order valence-corrected chi connectivity index (χ3v) is 9.16. The van der Waals surface area contributed by atoms with Gasteiger partial charge in [-0.2, -0.15) is 0 Å². The van der Waals surface area contributed by atoms with Crippen LogP contribution in [0.4, 0.5) is 0 Å². The molecular weight excluding hydrogens is 558 g/mol. The molecule has 1 aliphatic carbocycles. The Morgan fingerprint density at radius 2 is 1.35 bits per heavy atom. The van der Waals surface area contributed by atoms with Gasteiger partial charge in [-0.3, -0.25) is 0 Å². The molecule has 2 heteroatoms. The predicted octanol–water partition coefficient (Wildman–Crippen LogP) is 11.6. The SMILES string of the molecule is c1cccc(-c2cccc(-c3cccc4c5ccccc5n(-c5ccccc5)c34)c2-c2oc(-c3ccccc3)c3c2CCC=C3)c#1. The highest BCUT2D eigenvalue weighted by Gasteiger charge is 2.28. The van der Waals surface area contributed by atoms with Gasteiger partial charge in [0.25, 0.3) is 0 Å². The molecule has 1 aliphatic rings. The van der Waals surface area contributed by atoms with Crippen LogP contribution in [0.1, 0.15) is 17.5 Å². The number of allylic oxidation sites excluding steroid dienone is 1. The van der Waals surface area contributed by atoms with Gasteiger partial charge < -0.3 is 8.98 Å². The van der Waals surface area contributed by atoms with Crippen molar-refractivity contribution < 1.29 is 4.42 Å². The second-order valence-electron chi connectivity index (χ2n) is 11.8. The summed E-state index contributed by atoms with van der Waals surface area (Å²) in [6, 6.07) is 55.8. The third-order valence-electron chi connectivity index (χ3n) is 9.16. The highest BCUT2D eigenvalue weighted by molar-refractivity contribution is 6.15. The van der Waals surface area contributed by atoms with Crippen LogP contribution >= 0.6 is 0 Å². The summed E-state index contributed by atoms with van der Waals surface area (Å²) in [5.41, 5.74) is 12.5. The highest BCUT2D eigenvalue weighted by atomic mass is 16.3. The van der Waals surface area contributed by atoms with E-state index in [0.717, 1.165) is 63.4 Å².